The van der Waals surface area contributed by atoms with E-state index in [4.69, 9.17) is 10.4 Å². The summed E-state index contributed by atoms with van der Waals surface area (Å²) >= 11 is 0. The highest BCUT2D eigenvalue weighted by Crippen LogP contribution is 2.11. The predicted octanol–water partition coefficient (Wildman–Crippen LogP) is 0.221. The van der Waals surface area contributed by atoms with Crippen LogP contribution in [0.2, 0.25) is 0 Å². The molecule has 2 aromatic heterocycles. The predicted molar refractivity (Wildman–Crippen MR) is 37.8 cm³/mol. The molecule has 2 heterocycles. The van der Waals surface area contributed by atoms with Gasteiger partial charge in [-0.15, -0.1) is 0 Å². The van der Waals surface area contributed by atoms with Crippen molar-refractivity contribution in [2.24, 2.45) is 0 Å². The van der Waals surface area contributed by atoms with Crippen LogP contribution in [0.1, 0.15) is 0 Å². The molecule has 12 heavy (non-hydrogen) atoms. The Bertz CT molecular complexity index is 353. The van der Waals surface area contributed by atoms with Gasteiger partial charge in [0.25, 0.3) is 0 Å². The molecule has 0 atom stereocenters. The molecule has 0 saturated heterocycles. The van der Waals surface area contributed by atoms with Crippen LogP contribution in [0.5, 0.6) is 0 Å². The van der Waals surface area contributed by atoms with Crippen LogP contribution in [0.15, 0.2) is 24.8 Å². The first kappa shape index (κ1) is 6.71. The van der Waals surface area contributed by atoms with Crippen LogP contribution in [-0.4, -0.2) is 29.8 Å². The van der Waals surface area contributed by atoms with Gasteiger partial charge in [-0.25, -0.2) is 9.97 Å². The van der Waals surface area contributed by atoms with E-state index in [9.17, 15) is 0 Å². The summed E-state index contributed by atoms with van der Waals surface area (Å²) in [6.07, 6.45) is 5.52. The Labute approximate surface area is 67.3 Å². The van der Waals surface area contributed by atoms with E-state index in [0.717, 1.165) is 9.46 Å². The molecule has 0 radical (unpaired) electrons. The second-order valence-corrected chi connectivity index (χ2v) is 2.19. The molecule has 0 aromatic carbocycles. The second-order valence-electron chi connectivity index (χ2n) is 2.19. The molecule has 6 heteroatoms. The van der Waals surface area contributed by atoms with E-state index in [2.05, 4.69) is 9.97 Å². The topological polar surface area (TPSA) is 76.1 Å². The molecule has 0 spiro atoms. The molecule has 6 nitrogen and oxygen atoms in total. The Morgan fingerprint density at radius 3 is 1.58 bits per heavy atom. The maximum atomic E-state index is 9.14. The van der Waals surface area contributed by atoms with Crippen molar-refractivity contribution in [1.29, 1.82) is 0 Å². The maximum absolute atomic E-state index is 9.14. The molecule has 0 aliphatic rings. The minimum Gasteiger partial charge on any atom is -0.427 e. The van der Waals surface area contributed by atoms with Crippen molar-refractivity contribution in [3.05, 3.63) is 24.8 Å². The zero-order valence-electron chi connectivity index (χ0n) is 5.99. The third kappa shape index (κ3) is 0.815. The quantitative estimate of drug-likeness (QED) is 0.594. The van der Waals surface area contributed by atoms with Gasteiger partial charge in [0, 0.05) is 12.4 Å². The van der Waals surface area contributed by atoms with Crippen molar-refractivity contribution in [1.82, 2.24) is 19.4 Å². The minimum absolute atomic E-state index is 0.197. The highest BCUT2D eigenvalue weighted by atomic mass is 16.5. The summed E-state index contributed by atoms with van der Waals surface area (Å²) in [7, 11) is 0. The second kappa shape index (κ2) is 2.26. The highest BCUT2D eigenvalue weighted by Gasteiger charge is 2.10. The Morgan fingerprint density at radius 2 is 1.33 bits per heavy atom. The highest BCUT2D eigenvalue weighted by molar-refractivity contribution is 5.43. The summed E-state index contributed by atoms with van der Waals surface area (Å²) in [5, 5.41) is 18.3. The normalized spacial score (nSPS) is 10.3. The standard InChI is InChI=1S/C6H6N4O2/c11-9-3-1-7-5(9)6-8-2-4-10(6)12/h1-4,11-12H. The smallest absolute Gasteiger partial charge is 0.214 e. The van der Waals surface area contributed by atoms with Crippen LogP contribution in [0.4, 0.5) is 0 Å². The largest absolute Gasteiger partial charge is 0.427 e. The summed E-state index contributed by atoms with van der Waals surface area (Å²) in [6.45, 7) is 0. The van der Waals surface area contributed by atoms with Crippen LogP contribution in [0, 0.1) is 0 Å². The Balaban J connectivity index is 2.57. The number of aromatic nitrogens is 4. The average Bonchev–Trinajstić information content (AvgIpc) is 2.59. The molecule has 62 valence electrons. The first-order valence-corrected chi connectivity index (χ1v) is 3.24. The molecule has 0 amide bonds. The molecule has 2 rings (SSSR count). The van der Waals surface area contributed by atoms with Gasteiger partial charge in [0.2, 0.25) is 11.6 Å². The SMILES string of the molecule is On1ccnc1-c1nccn1O. The Hall–Kier alpha value is -1.98. The molecule has 0 bridgehead atoms. The lowest BCUT2D eigenvalue weighted by Gasteiger charge is -1.97. The third-order valence-corrected chi connectivity index (χ3v) is 1.44. The zero-order valence-corrected chi connectivity index (χ0v) is 5.99. The number of rotatable bonds is 1. The van der Waals surface area contributed by atoms with Gasteiger partial charge in [-0.2, -0.15) is 9.46 Å². The fourth-order valence-electron chi connectivity index (χ4n) is 0.914. The Morgan fingerprint density at radius 1 is 0.917 bits per heavy atom. The van der Waals surface area contributed by atoms with Crippen LogP contribution in [-0.2, 0) is 0 Å². The van der Waals surface area contributed by atoms with Crippen LogP contribution >= 0.6 is 0 Å². The van der Waals surface area contributed by atoms with Gasteiger partial charge in [0.05, 0.1) is 12.4 Å². The van der Waals surface area contributed by atoms with Gasteiger partial charge >= 0.3 is 0 Å². The first-order valence-electron chi connectivity index (χ1n) is 3.24. The van der Waals surface area contributed by atoms with Crippen molar-refractivity contribution >= 4 is 0 Å². The van der Waals surface area contributed by atoms with Crippen LogP contribution in [0.25, 0.3) is 11.6 Å². The summed E-state index contributed by atoms with van der Waals surface area (Å²) in [5.41, 5.74) is 0. The van der Waals surface area contributed by atoms with E-state index in [1.807, 2.05) is 0 Å². The van der Waals surface area contributed by atoms with Gasteiger partial charge in [-0.3, -0.25) is 0 Å². The van der Waals surface area contributed by atoms with Crippen molar-refractivity contribution in [2.75, 3.05) is 0 Å². The van der Waals surface area contributed by atoms with Gasteiger partial charge in [-0.05, 0) is 0 Å². The monoisotopic (exact) mass is 166 g/mol. The van der Waals surface area contributed by atoms with Crippen molar-refractivity contribution < 1.29 is 10.4 Å². The van der Waals surface area contributed by atoms with E-state index < -0.39 is 0 Å². The zero-order chi connectivity index (χ0) is 8.55. The molecule has 0 fully saturated rings. The van der Waals surface area contributed by atoms with E-state index in [1.54, 1.807) is 0 Å². The van der Waals surface area contributed by atoms with Crippen LogP contribution < -0.4 is 0 Å². The van der Waals surface area contributed by atoms with E-state index in [0.29, 0.717) is 0 Å². The molecule has 0 aliphatic carbocycles. The average molecular weight is 166 g/mol. The van der Waals surface area contributed by atoms with E-state index in [1.165, 1.54) is 24.8 Å². The molecule has 2 aromatic rings. The third-order valence-electron chi connectivity index (χ3n) is 1.44. The van der Waals surface area contributed by atoms with E-state index in [-0.39, 0.29) is 11.6 Å². The summed E-state index contributed by atoms with van der Waals surface area (Å²) in [4.78, 5) is 7.58. The lowest BCUT2D eigenvalue weighted by Crippen LogP contribution is -1.99. The van der Waals surface area contributed by atoms with Gasteiger partial charge < -0.3 is 10.4 Å². The molecule has 2 N–H and O–H groups in total. The Kier molecular flexibility index (Phi) is 1.26. The van der Waals surface area contributed by atoms with Crippen molar-refractivity contribution in [2.45, 2.75) is 0 Å². The summed E-state index contributed by atoms with van der Waals surface area (Å²) in [5.74, 6) is 0.394. The fourth-order valence-corrected chi connectivity index (χ4v) is 0.914. The van der Waals surface area contributed by atoms with Crippen LogP contribution in [0.3, 0.4) is 0 Å². The molecule has 0 saturated carbocycles. The maximum Gasteiger partial charge on any atom is 0.214 e. The molecular formula is C6H6N4O2. The summed E-state index contributed by atoms with van der Waals surface area (Å²) < 4.78 is 1.57. The van der Waals surface area contributed by atoms with Gasteiger partial charge in [0.1, 0.15) is 0 Å². The fraction of sp³-hybridized carbons (Fsp3) is 0. The first-order chi connectivity index (χ1) is 5.79. The molecular weight excluding hydrogens is 160 g/mol. The van der Waals surface area contributed by atoms with E-state index >= 15 is 0 Å². The molecule has 0 unspecified atom stereocenters. The lowest BCUT2D eigenvalue weighted by atomic mass is 10.6. The van der Waals surface area contributed by atoms with Gasteiger partial charge in [-0.1, -0.05) is 0 Å². The minimum atomic E-state index is 0.197. The molecule has 0 aliphatic heterocycles. The van der Waals surface area contributed by atoms with Crippen molar-refractivity contribution in [3.63, 3.8) is 0 Å². The number of hydrogen-bond acceptors (Lipinski definition) is 4. The number of imidazole rings is 2. The number of nitrogens with zero attached hydrogens (tertiary/aromatic N) is 4. The van der Waals surface area contributed by atoms with Gasteiger partial charge in [0.15, 0.2) is 0 Å². The number of hydrogen-bond donors (Lipinski definition) is 2. The lowest BCUT2D eigenvalue weighted by molar-refractivity contribution is 0.174. The van der Waals surface area contributed by atoms with Crippen molar-refractivity contribution in [3.8, 4) is 11.6 Å². The summed E-state index contributed by atoms with van der Waals surface area (Å²) in [6, 6.07) is 0.